The van der Waals surface area contributed by atoms with Gasteiger partial charge in [-0.05, 0) is 37.0 Å². The van der Waals surface area contributed by atoms with E-state index < -0.39 is 41.4 Å². The Morgan fingerprint density at radius 1 is 0.925 bits per heavy atom. The van der Waals surface area contributed by atoms with Gasteiger partial charge in [-0.25, -0.2) is 0 Å². The first kappa shape index (κ1) is 29.1. The molecule has 8 nitrogen and oxygen atoms in total. The Balaban J connectivity index is 1.51. The second-order valence-electron chi connectivity index (χ2n) is 10.8. The number of rotatable bonds is 11. The van der Waals surface area contributed by atoms with Gasteiger partial charge in [0.25, 0.3) is 0 Å². The number of nitrogens with two attached hydrogens (primary N) is 2. The second-order valence-corrected chi connectivity index (χ2v) is 10.8. The summed E-state index contributed by atoms with van der Waals surface area (Å²) in [6, 6.07) is 27.7. The standard InChI is InChI=1S/C32H38N4O4/c1-32(2,34)31(39)35-26(21-40-20-22-12-6-3-7-13-22)30(38)36-19-18-25(29(36)33)28(37)27(23-14-8-4-9-15-23)24-16-10-5-11-17-24/h3-17,25-27,29H,18-21,33-34H2,1-2H3,(H,35,39)/t25?,26-,29?/m1/s1. The van der Waals surface area contributed by atoms with E-state index >= 15 is 0 Å². The summed E-state index contributed by atoms with van der Waals surface area (Å²) in [6.45, 7) is 3.64. The fourth-order valence-electron chi connectivity index (χ4n) is 5.00. The van der Waals surface area contributed by atoms with Gasteiger partial charge >= 0.3 is 0 Å². The van der Waals surface area contributed by atoms with Crippen LogP contribution >= 0.6 is 0 Å². The molecule has 0 aromatic heterocycles. The van der Waals surface area contributed by atoms with Crippen LogP contribution in [-0.2, 0) is 25.7 Å². The number of carbonyl (C=O) groups excluding carboxylic acids is 3. The summed E-state index contributed by atoms with van der Waals surface area (Å²) in [5.74, 6) is -1.99. The number of ketones is 1. The van der Waals surface area contributed by atoms with E-state index in [1.807, 2.05) is 91.0 Å². The SMILES string of the molecule is CC(C)(N)C(=O)N[C@H](COCc1ccccc1)C(=O)N1CCC(C(=O)C(c2ccccc2)c2ccccc2)C1N. The van der Waals surface area contributed by atoms with E-state index in [2.05, 4.69) is 5.32 Å². The number of nitrogens with one attached hydrogen (secondary N) is 1. The van der Waals surface area contributed by atoms with Gasteiger partial charge in [0.05, 0.1) is 36.8 Å². The quantitative estimate of drug-likeness (QED) is 0.342. The molecule has 4 rings (SSSR count). The molecule has 3 aromatic rings. The molecule has 2 amide bonds. The third-order valence-electron chi connectivity index (χ3n) is 7.24. The van der Waals surface area contributed by atoms with Crippen LogP contribution in [0.25, 0.3) is 0 Å². The first-order valence-corrected chi connectivity index (χ1v) is 13.6. The van der Waals surface area contributed by atoms with Crippen molar-refractivity contribution in [1.82, 2.24) is 10.2 Å². The number of nitrogens with zero attached hydrogens (tertiary/aromatic N) is 1. The second kappa shape index (κ2) is 13.0. The number of benzene rings is 3. The predicted molar refractivity (Wildman–Crippen MR) is 154 cm³/mol. The Labute approximate surface area is 235 Å². The van der Waals surface area contributed by atoms with Crippen molar-refractivity contribution in [1.29, 1.82) is 0 Å². The molecule has 1 aliphatic heterocycles. The van der Waals surface area contributed by atoms with Gasteiger partial charge in [0.2, 0.25) is 11.8 Å². The number of amides is 2. The van der Waals surface area contributed by atoms with Gasteiger partial charge in [-0.1, -0.05) is 91.0 Å². The molecule has 0 aliphatic carbocycles. The highest BCUT2D eigenvalue weighted by Crippen LogP contribution is 2.33. The van der Waals surface area contributed by atoms with E-state index in [-0.39, 0.29) is 19.0 Å². The lowest BCUT2D eigenvalue weighted by Gasteiger charge is -2.31. The van der Waals surface area contributed by atoms with E-state index in [9.17, 15) is 14.4 Å². The summed E-state index contributed by atoms with van der Waals surface area (Å²) >= 11 is 0. The van der Waals surface area contributed by atoms with Gasteiger partial charge in [0.1, 0.15) is 6.04 Å². The van der Waals surface area contributed by atoms with Crippen LogP contribution < -0.4 is 16.8 Å². The van der Waals surface area contributed by atoms with E-state index in [4.69, 9.17) is 16.2 Å². The molecule has 1 saturated heterocycles. The molecular weight excluding hydrogens is 504 g/mol. The highest BCUT2D eigenvalue weighted by atomic mass is 16.5. The van der Waals surface area contributed by atoms with Crippen molar-refractivity contribution in [3.63, 3.8) is 0 Å². The fraction of sp³-hybridized carbons (Fsp3) is 0.344. The molecule has 40 heavy (non-hydrogen) atoms. The van der Waals surface area contributed by atoms with Crippen LogP contribution in [0.15, 0.2) is 91.0 Å². The van der Waals surface area contributed by atoms with E-state index in [1.54, 1.807) is 13.8 Å². The average Bonchev–Trinajstić information content (AvgIpc) is 3.34. The zero-order chi connectivity index (χ0) is 28.7. The van der Waals surface area contributed by atoms with Crippen LogP contribution in [0.4, 0.5) is 0 Å². The van der Waals surface area contributed by atoms with Crippen molar-refractivity contribution in [3.05, 3.63) is 108 Å². The van der Waals surface area contributed by atoms with Gasteiger partial charge in [-0.2, -0.15) is 0 Å². The minimum Gasteiger partial charge on any atom is -0.374 e. The lowest BCUT2D eigenvalue weighted by Crippen LogP contribution is -2.59. The molecule has 0 spiro atoms. The zero-order valence-corrected chi connectivity index (χ0v) is 23.0. The molecule has 3 aromatic carbocycles. The summed E-state index contributed by atoms with van der Waals surface area (Å²) in [7, 11) is 0. The molecule has 8 heteroatoms. The summed E-state index contributed by atoms with van der Waals surface area (Å²) in [5.41, 5.74) is 14.1. The highest BCUT2D eigenvalue weighted by molar-refractivity contribution is 5.94. The Hall–Kier alpha value is -3.85. The normalized spacial score (nSPS) is 18.0. The van der Waals surface area contributed by atoms with E-state index in [0.29, 0.717) is 13.0 Å². The molecule has 1 fully saturated rings. The molecule has 5 N–H and O–H groups in total. The Kier molecular flexibility index (Phi) is 9.47. The van der Waals surface area contributed by atoms with Crippen LogP contribution in [-0.4, -0.2) is 53.4 Å². The maximum atomic E-state index is 14.0. The van der Waals surface area contributed by atoms with E-state index in [0.717, 1.165) is 16.7 Å². The average molecular weight is 543 g/mol. The number of Topliss-reactive ketones (excluding diaryl/α,β-unsaturated/α-hetero) is 1. The van der Waals surface area contributed by atoms with Crippen molar-refractivity contribution >= 4 is 17.6 Å². The van der Waals surface area contributed by atoms with Crippen LogP contribution in [0.3, 0.4) is 0 Å². The summed E-state index contributed by atoms with van der Waals surface area (Å²) in [5, 5.41) is 2.74. The van der Waals surface area contributed by atoms with Gasteiger partial charge in [0.15, 0.2) is 5.78 Å². The van der Waals surface area contributed by atoms with Crippen molar-refractivity contribution in [3.8, 4) is 0 Å². The highest BCUT2D eigenvalue weighted by Gasteiger charge is 2.44. The number of hydrogen-bond donors (Lipinski definition) is 3. The third-order valence-corrected chi connectivity index (χ3v) is 7.24. The summed E-state index contributed by atoms with van der Waals surface area (Å²) < 4.78 is 5.83. The minimum atomic E-state index is -1.19. The maximum Gasteiger partial charge on any atom is 0.248 e. The van der Waals surface area contributed by atoms with Gasteiger partial charge in [-0.3, -0.25) is 14.4 Å². The monoisotopic (exact) mass is 542 g/mol. The van der Waals surface area contributed by atoms with Crippen molar-refractivity contribution in [2.75, 3.05) is 13.2 Å². The van der Waals surface area contributed by atoms with Crippen LogP contribution in [0.2, 0.25) is 0 Å². The fourth-order valence-corrected chi connectivity index (χ4v) is 5.00. The van der Waals surface area contributed by atoms with Gasteiger partial charge in [0, 0.05) is 6.54 Å². The van der Waals surface area contributed by atoms with Crippen molar-refractivity contribution in [2.45, 2.75) is 50.5 Å². The van der Waals surface area contributed by atoms with Gasteiger partial charge < -0.3 is 26.4 Å². The largest absolute Gasteiger partial charge is 0.374 e. The first-order valence-electron chi connectivity index (χ1n) is 13.6. The number of carbonyl (C=O) groups is 3. The Bertz CT molecular complexity index is 1240. The first-order chi connectivity index (χ1) is 19.2. The lowest BCUT2D eigenvalue weighted by molar-refractivity contribution is -0.140. The number of hydrogen-bond acceptors (Lipinski definition) is 6. The smallest absolute Gasteiger partial charge is 0.248 e. The van der Waals surface area contributed by atoms with Gasteiger partial charge in [-0.15, -0.1) is 0 Å². The summed E-state index contributed by atoms with van der Waals surface area (Å²) in [6.07, 6.45) is -0.412. The third kappa shape index (κ3) is 7.01. The topological polar surface area (TPSA) is 128 Å². The van der Waals surface area contributed by atoms with Crippen molar-refractivity contribution in [2.24, 2.45) is 17.4 Å². The molecule has 0 bridgehead atoms. The molecule has 210 valence electrons. The molecular formula is C32H38N4O4. The molecule has 0 radical (unpaired) electrons. The number of likely N-dealkylation sites (tertiary alicyclic amines) is 1. The maximum absolute atomic E-state index is 14.0. The van der Waals surface area contributed by atoms with E-state index in [1.165, 1.54) is 4.90 Å². The van der Waals surface area contributed by atoms with Crippen LogP contribution in [0.5, 0.6) is 0 Å². The lowest BCUT2D eigenvalue weighted by atomic mass is 9.81. The molecule has 1 aliphatic rings. The number of ether oxygens (including phenoxy) is 1. The predicted octanol–water partition coefficient (Wildman–Crippen LogP) is 2.96. The minimum absolute atomic E-state index is 0.0378. The van der Waals surface area contributed by atoms with Crippen molar-refractivity contribution < 1.29 is 19.1 Å². The Morgan fingerprint density at radius 3 is 1.98 bits per heavy atom. The molecule has 3 atom stereocenters. The molecule has 0 saturated carbocycles. The molecule has 1 heterocycles. The Morgan fingerprint density at radius 2 is 1.45 bits per heavy atom. The van der Waals surface area contributed by atoms with Crippen LogP contribution in [0.1, 0.15) is 42.9 Å². The zero-order valence-electron chi connectivity index (χ0n) is 23.0. The van der Waals surface area contributed by atoms with Crippen LogP contribution in [0, 0.1) is 5.92 Å². The molecule has 2 unspecified atom stereocenters. The summed E-state index contributed by atoms with van der Waals surface area (Å²) in [4.78, 5) is 42.0.